The first-order valence-electron chi connectivity index (χ1n) is 15.7. The molecule has 0 amide bonds. The Bertz CT molecular complexity index is 2920. The molecule has 0 aliphatic rings. The maximum absolute atomic E-state index is 10.4. The predicted molar refractivity (Wildman–Crippen MR) is 202 cm³/mol. The standard InChI is InChI=1S/C43H24N2S2/c44-25-30-21-29(28-18-20-41-35(23-28)32-12-5-7-16-40(32)46-41)24-36-33-13-8-15-39(43(33)47-42(30)36)45-37-14-6-4-11-31(37)34-22-27(17-19-38(34)45)26-9-2-1-3-10-26/h1-24H. The number of nitriles is 1. The van der Waals surface area contributed by atoms with E-state index in [-0.39, 0.29) is 0 Å². The summed E-state index contributed by atoms with van der Waals surface area (Å²) in [7, 11) is 0. The molecule has 0 spiro atoms. The Labute approximate surface area is 278 Å². The zero-order chi connectivity index (χ0) is 31.1. The Morgan fingerprint density at radius 1 is 0.426 bits per heavy atom. The first kappa shape index (κ1) is 26.5. The summed E-state index contributed by atoms with van der Waals surface area (Å²) in [5, 5.41) is 17.7. The maximum Gasteiger partial charge on any atom is 0.101 e. The van der Waals surface area contributed by atoms with E-state index in [0.29, 0.717) is 0 Å². The van der Waals surface area contributed by atoms with Gasteiger partial charge in [0.15, 0.2) is 0 Å². The van der Waals surface area contributed by atoms with E-state index in [9.17, 15) is 5.26 Å². The lowest BCUT2D eigenvalue weighted by Crippen LogP contribution is -1.93. The van der Waals surface area contributed by atoms with E-state index >= 15 is 0 Å². The smallest absolute Gasteiger partial charge is 0.101 e. The Balaban J connectivity index is 1.21. The third-order valence-electron chi connectivity index (χ3n) is 9.43. The molecule has 0 saturated carbocycles. The quantitative estimate of drug-likeness (QED) is 0.190. The summed E-state index contributed by atoms with van der Waals surface area (Å²) < 4.78 is 7.20. The molecule has 3 heterocycles. The molecule has 0 unspecified atom stereocenters. The van der Waals surface area contributed by atoms with Crippen molar-refractivity contribution in [2.24, 2.45) is 0 Å². The molecule has 47 heavy (non-hydrogen) atoms. The largest absolute Gasteiger partial charge is 0.308 e. The normalized spacial score (nSPS) is 11.8. The highest BCUT2D eigenvalue weighted by atomic mass is 32.1. The summed E-state index contributed by atoms with van der Waals surface area (Å²) in [5.41, 5.74) is 8.83. The molecule has 0 aliphatic heterocycles. The zero-order valence-corrected chi connectivity index (χ0v) is 26.7. The Hall–Kier alpha value is -5.73. The monoisotopic (exact) mass is 632 g/mol. The number of rotatable bonds is 3. The van der Waals surface area contributed by atoms with Crippen LogP contribution in [-0.2, 0) is 0 Å². The first-order chi connectivity index (χ1) is 23.2. The van der Waals surface area contributed by atoms with Crippen molar-refractivity contribution in [2.75, 3.05) is 0 Å². The summed E-state index contributed by atoms with van der Waals surface area (Å²) in [6, 6.07) is 54.9. The highest BCUT2D eigenvalue weighted by Gasteiger charge is 2.19. The second-order valence-corrected chi connectivity index (χ2v) is 14.1. The van der Waals surface area contributed by atoms with Gasteiger partial charge in [-0.05, 0) is 76.9 Å². The Morgan fingerprint density at radius 2 is 1.11 bits per heavy atom. The molecule has 7 aromatic carbocycles. The van der Waals surface area contributed by atoms with Crippen LogP contribution in [0.4, 0.5) is 0 Å². The van der Waals surface area contributed by atoms with E-state index in [1.165, 1.54) is 63.2 Å². The lowest BCUT2D eigenvalue weighted by atomic mass is 9.98. The maximum atomic E-state index is 10.4. The lowest BCUT2D eigenvalue weighted by molar-refractivity contribution is 1.20. The minimum atomic E-state index is 0.717. The summed E-state index contributed by atoms with van der Waals surface area (Å²) in [5.74, 6) is 0. The number of hydrogen-bond acceptors (Lipinski definition) is 3. The van der Waals surface area contributed by atoms with Gasteiger partial charge in [-0.15, -0.1) is 22.7 Å². The average molecular weight is 633 g/mol. The van der Waals surface area contributed by atoms with Crippen LogP contribution in [0.5, 0.6) is 0 Å². The van der Waals surface area contributed by atoms with Crippen LogP contribution >= 0.6 is 22.7 Å². The van der Waals surface area contributed by atoms with Gasteiger partial charge in [0.25, 0.3) is 0 Å². The average Bonchev–Trinajstić information content (AvgIpc) is 3.80. The number of thiophene rings is 2. The van der Waals surface area contributed by atoms with Gasteiger partial charge in [0.1, 0.15) is 6.07 Å². The van der Waals surface area contributed by atoms with Gasteiger partial charge < -0.3 is 4.57 Å². The van der Waals surface area contributed by atoms with Crippen molar-refractivity contribution >= 4 is 84.8 Å². The van der Waals surface area contributed by atoms with Crippen molar-refractivity contribution in [1.29, 1.82) is 5.26 Å². The topological polar surface area (TPSA) is 28.7 Å². The van der Waals surface area contributed by atoms with Crippen LogP contribution in [-0.4, -0.2) is 4.57 Å². The van der Waals surface area contributed by atoms with E-state index < -0.39 is 0 Å². The number of benzene rings is 7. The molecular weight excluding hydrogens is 609 g/mol. The molecule has 10 rings (SSSR count). The summed E-state index contributed by atoms with van der Waals surface area (Å²) in [6.07, 6.45) is 0. The van der Waals surface area contributed by atoms with Crippen molar-refractivity contribution < 1.29 is 0 Å². The second-order valence-electron chi connectivity index (χ2n) is 12.0. The molecule has 2 nitrogen and oxygen atoms in total. The molecule has 0 N–H and O–H groups in total. The summed E-state index contributed by atoms with van der Waals surface area (Å²) in [6.45, 7) is 0. The number of fused-ring (bicyclic) bond motifs is 9. The van der Waals surface area contributed by atoms with E-state index in [4.69, 9.17) is 0 Å². The molecule has 4 heteroatoms. The summed E-state index contributed by atoms with van der Waals surface area (Å²) >= 11 is 3.55. The molecule has 3 aromatic heterocycles. The van der Waals surface area contributed by atoms with Crippen molar-refractivity contribution in [1.82, 2.24) is 4.57 Å². The Kier molecular flexibility index (Phi) is 5.71. The molecule has 0 fully saturated rings. The van der Waals surface area contributed by atoms with E-state index in [1.807, 2.05) is 11.3 Å². The second kappa shape index (κ2) is 10.1. The van der Waals surface area contributed by atoms with Gasteiger partial charge in [-0.2, -0.15) is 5.26 Å². The number of hydrogen-bond donors (Lipinski definition) is 0. The molecule has 0 bridgehead atoms. The van der Waals surface area contributed by atoms with Crippen LogP contribution in [0.25, 0.3) is 90.1 Å². The SMILES string of the molecule is N#Cc1cc(-c2ccc3sc4ccccc4c3c2)cc2c1sc1c(-n3c4ccccc4c4cc(-c5ccccc5)ccc43)cccc12. The van der Waals surface area contributed by atoms with Crippen LogP contribution in [0, 0.1) is 11.3 Å². The molecular formula is C43H24N2S2. The van der Waals surface area contributed by atoms with Crippen molar-refractivity contribution in [3.63, 3.8) is 0 Å². The molecule has 218 valence electrons. The van der Waals surface area contributed by atoms with Crippen LogP contribution < -0.4 is 0 Å². The van der Waals surface area contributed by atoms with Gasteiger partial charge in [0.2, 0.25) is 0 Å². The molecule has 0 radical (unpaired) electrons. The highest BCUT2D eigenvalue weighted by molar-refractivity contribution is 7.26. The minimum Gasteiger partial charge on any atom is -0.308 e. The zero-order valence-electron chi connectivity index (χ0n) is 25.1. The van der Waals surface area contributed by atoms with E-state index in [1.54, 1.807) is 11.3 Å². The predicted octanol–water partition coefficient (Wildman–Crippen LogP) is 12.7. The minimum absolute atomic E-state index is 0.717. The fraction of sp³-hybridized carbons (Fsp3) is 0. The van der Waals surface area contributed by atoms with E-state index in [2.05, 4.69) is 156 Å². The van der Waals surface area contributed by atoms with Crippen LogP contribution in [0.2, 0.25) is 0 Å². The van der Waals surface area contributed by atoms with Crippen LogP contribution in [0.1, 0.15) is 5.56 Å². The molecule has 0 saturated heterocycles. The first-order valence-corrected chi connectivity index (χ1v) is 17.3. The van der Waals surface area contributed by atoms with Crippen molar-refractivity contribution in [3.8, 4) is 34.0 Å². The fourth-order valence-corrected chi connectivity index (χ4v) is 9.59. The van der Waals surface area contributed by atoms with Crippen LogP contribution in [0.3, 0.4) is 0 Å². The van der Waals surface area contributed by atoms with Gasteiger partial charge >= 0.3 is 0 Å². The van der Waals surface area contributed by atoms with Gasteiger partial charge in [-0.3, -0.25) is 0 Å². The number of nitrogens with zero attached hydrogens (tertiary/aromatic N) is 2. The van der Waals surface area contributed by atoms with Gasteiger partial charge in [-0.1, -0.05) is 91.0 Å². The fourth-order valence-electron chi connectivity index (χ4n) is 7.26. The van der Waals surface area contributed by atoms with E-state index in [0.717, 1.165) is 32.5 Å². The van der Waals surface area contributed by atoms with Crippen LogP contribution in [0.15, 0.2) is 146 Å². The third kappa shape index (κ3) is 3.95. The molecule has 0 aliphatic carbocycles. The number of aromatic nitrogens is 1. The van der Waals surface area contributed by atoms with Gasteiger partial charge in [0, 0.05) is 41.7 Å². The summed E-state index contributed by atoms with van der Waals surface area (Å²) in [4.78, 5) is 0. The third-order valence-corrected chi connectivity index (χ3v) is 11.9. The molecule has 10 aromatic rings. The van der Waals surface area contributed by atoms with Crippen molar-refractivity contribution in [3.05, 3.63) is 151 Å². The Morgan fingerprint density at radius 3 is 2.00 bits per heavy atom. The highest BCUT2D eigenvalue weighted by Crippen LogP contribution is 2.44. The number of para-hydroxylation sites is 1. The molecule has 0 atom stereocenters. The van der Waals surface area contributed by atoms with Gasteiger partial charge in [0.05, 0.1) is 31.7 Å². The van der Waals surface area contributed by atoms with Crippen molar-refractivity contribution in [2.45, 2.75) is 0 Å². The van der Waals surface area contributed by atoms with Gasteiger partial charge in [-0.25, -0.2) is 0 Å². The lowest BCUT2D eigenvalue weighted by Gasteiger charge is -2.10.